The van der Waals surface area contributed by atoms with E-state index in [1.165, 1.54) is 18.9 Å². The molecule has 10 nitrogen and oxygen atoms in total. The van der Waals surface area contributed by atoms with Gasteiger partial charge in [-0.15, -0.1) is 0 Å². The van der Waals surface area contributed by atoms with Gasteiger partial charge in [0.05, 0.1) is 26.5 Å². The Morgan fingerprint density at radius 3 is 2.38 bits per heavy atom. The van der Waals surface area contributed by atoms with Crippen molar-refractivity contribution in [3.05, 3.63) is 29.8 Å². The Morgan fingerprint density at radius 2 is 1.83 bits per heavy atom. The minimum absolute atomic E-state index is 0.187. The number of piperazine rings is 1. The third kappa shape index (κ3) is 5.45. The quantitative estimate of drug-likeness (QED) is 0.571. The Balaban J connectivity index is 1.93. The van der Waals surface area contributed by atoms with Gasteiger partial charge in [-0.1, -0.05) is 12.1 Å². The molecule has 0 aliphatic carbocycles. The summed E-state index contributed by atoms with van der Waals surface area (Å²) in [4.78, 5) is 38.1. The number of rotatable bonds is 7. The van der Waals surface area contributed by atoms with E-state index in [1.807, 2.05) is 0 Å². The van der Waals surface area contributed by atoms with Gasteiger partial charge in [0.15, 0.2) is 0 Å². The zero-order valence-corrected chi connectivity index (χ0v) is 17.7. The number of likely N-dealkylation sites (N-methyl/N-ethyl adjacent to an activating group) is 1. The highest BCUT2D eigenvalue weighted by Gasteiger charge is 2.47. The zero-order valence-electron chi connectivity index (χ0n) is 16.9. The van der Waals surface area contributed by atoms with E-state index in [2.05, 4.69) is 10.6 Å². The molecule has 3 amide bonds. The van der Waals surface area contributed by atoms with Crippen LogP contribution < -0.4 is 15.4 Å². The fourth-order valence-corrected chi connectivity index (χ4v) is 3.68. The highest BCUT2D eigenvalue weighted by atomic mass is 32.2. The molecule has 1 saturated heterocycles. The van der Waals surface area contributed by atoms with Gasteiger partial charge in [-0.05, 0) is 24.6 Å². The molecule has 1 aliphatic rings. The van der Waals surface area contributed by atoms with Gasteiger partial charge in [-0.3, -0.25) is 14.4 Å². The van der Waals surface area contributed by atoms with Crippen LogP contribution >= 0.6 is 0 Å². The maximum atomic E-state index is 12.7. The molecule has 0 radical (unpaired) electrons. The average Bonchev–Trinajstić information content (AvgIpc) is 2.67. The van der Waals surface area contributed by atoms with Crippen LogP contribution in [0.5, 0.6) is 5.75 Å². The van der Waals surface area contributed by atoms with Crippen LogP contribution in [0.15, 0.2) is 24.3 Å². The Bertz CT molecular complexity index is 886. The first-order chi connectivity index (χ1) is 13.5. The van der Waals surface area contributed by atoms with Crippen molar-refractivity contribution in [3.8, 4) is 5.75 Å². The number of carbonyl (C=O) groups is 3. The van der Waals surface area contributed by atoms with Crippen molar-refractivity contribution in [2.45, 2.75) is 19.0 Å². The normalized spacial score (nSPS) is 20.3. The van der Waals surface area contributed by atoms with Gasteiger partial charge in [0.2, 0.25) is 27.7 Å². The van der Waals surface area contributed by atoms with Gasteiger partial charge in [-0.2, -0.15) is 4.31 Å². The monoisotopic (exact) mass is 426 g/mol. The van der Waals surface area contributed by atoms with Crippen LogP contribution in [0, 0.1) is 0 Å². The number of sulfonamides is 1. The number of methoxy groups -OCH3 is 1. The standard InChI is InChI=1S/C18H26N4O6S/c1-18(12-22(29(4,26)27)11-16(24)21(18)2)17(25)20-10-15(23)19-9-13-5-7-14(28-3)8-6-13/h5-8H,9-12H2,1-4H3,(H,19,23)(H,20,25). The third-order valence-corrected chi connectivity index (χ3v) is 6.12. The van der Waals surface area contributed by atoms with E-state index in [1.54, 1.807) is 31.4 Å². The summed E-state index contributed by atoms with van der Waals surface area (Å²) in [5.74, 6) is -0.818. The smallest absolute Gasteiger partial charge is 0.247 e. The van der Waals surface area contributed by atoms with Crippen molar-refractivity contribution in [1.29, 1.82) is 0 Å². The molecule has 11 heteroatoms. The van der Waals surface area contributed by atoms with Crippen LogP contribution in [-0.2, 0) is 31.0 Å². The molecule has 0 spiro atoms. The van der Waals surface area contributed by atoms with Crippen molar-refractivity contribution in [2.75, 3.05) is 40.0 Å². The molecule has 29 heavy (non-hydrogen) atoms. The maximum absolute atomic E-state index is 12.7. The van der Waals surface area contributed by atoms with Crippen molar-refractivity contribution in [2.24, 2.45) is 0 Å². The maximum Gasteiger partial charge on any atom is 0.247 e. The fraction of sp³-hybridized carbons (Fsp3) is 0.500. The molecule has 1 aromatic carbocycles. The second-order valence-corrected chi connectivity index (χ2v) is 9.05. The number of nitrogens with one attached hydrogen (secondary N) is 2. The molecular weight excluding hydrogens is 400 g/mol. The fourth-order valence-electron chi connectivity index (χ4n) is 2.85. The van der Waals surface area contributed by atoms with Crippen molar-refractivity contribution >= 4 is 27.7 Å². The van der Waals surface area contributed by atoms with E-state index < -0.39 is 33.3 Å². The number of hydrogen-bond acceptors (Lipinski definition) is 6. The van der Waals surface area contributed by atoms with Crippen LogP contribution in [0.1, 0.15) is 12.5 Å². The summed E-state index contributed by atoms with van der Waals surface area (Å²) in [5.41, 5.74) is -0.562. The summed E-state index contributed by atoms with van der Waals surface area (Å²) in [6, 6.07) is 7.16. The SMILES string of the molecule is COc1ccc(CNC(=O)CNC(=O)C2(C)CN(S(C)(=O)=O)CC(=O)N2C)cc1. The van der Waals surface area contributed by atoms with Gasteiger partial charge in [0, 0.05) is 20.1 Å². The number of hydrogen-bond donors (Lipinski definition) is 2. The summed E-state index contributed by atoms with van der Waals surface area (Å²) in [5, 5.41) is 5.16. The van der Waals surface area contributed by atoms with Gasteiger partial charge in [0.25, 0.3) is 0 Å². The minimum Gasteiger partial charge on any atom is -0.497 e. The van der Waals surface area contributed by atoms with E-state index in [0.717, 1.165) is 16.1 Å². The van der Waals surface area contributed by atoms with E-state index in [0.29, 0.717) is 5.75 Å². The molecule has 1 fully saturated rings. The number of ether oxygens (including phenoxy) is 1. The van der Waals surface area contributed by atoms with Crippen LogP contribution in [0.2, 0.25) is 0 Å². The van der Waals surface area contributed by atoms with E-state index in [9.17, 15) is 22.8 Å². The molecule has 0 saturated carbocycles. The van der Waals surface area contributed by atoms with Gasteiger partial charge >= 0.3 is 0 Å². The molecule has 1 aromatic rings. The lowest BCUT2D eigenvalue weighted by molar-refractivity contribution is -0.150. The largest absolute Gasteiger partial charge is 0.497 e. The molecular formula is C18H26N4O6S. The molecule has 2 N–H and O–H groups in total. The lowest BCUT2D eigenvalue weighted by atomic mass is 9.96. The zero-order chi connectivity index (χ0) is 21.8. The molecule has 160 valence electrons. The number of carbonyl (C=O) groups excluding carboxylic acids is 3. The molecule has 0 bridgehead atoms. The molecule has 1 aliphatic heterocycles. The van der Waals surface area contributed by atoms with Gasteiger partial charge < -0.3 is 20.3 Å². The van der Waals surface area contributed by atoms with Crippen LogP contribution in [0.3, 0.4) is 0 Å². The summed E-state index contributed by atoms with van der Waals surface area (Å²) in [6.45, 7) is 0.933. The summed E-state index contributed by atoms with van der Waals surface area (Å²) >= 11 is 0. The molecule has 0 aromatic heterocycles. The second kappa shape index (κ2) is 8.78. The van der Waals surface area contributed by atoms with Gasteiger partial charge in [-0.25, -0.2) is 8.42 Å². The number of amides is 3. The summed E-state index contributed by atoms with van der Waals surface area (Å²) < 4.78 is 29.7. The van der Waals surface area contributed by atoms with Crippen molar-refractivity contribution in [3.63, 3.8) is 0 Å². The summed E-state index contributed by atoms with van der Waals surface area (Å²) in [6.07, 6.45) is 0.983. The highest BCUT2D eigenvalue weighted by Crippen LogP contribution is 2.22. The van der Waals surface area contributed by atoms with E-state index in [4.69, 9.17) is 4.74 Å². The van der Waals surface area contributed by atoms with Crippen molar-refractivity contribution in [1.82, 2.24) is 19.8 Å². The third-order valence-electron chi connectivity index (χ3n) is 4.93. The van der Waals surface area contributed by atoms with Crippen LogP contribution in [0.4, 0.5) is 0 Å². The molecule has 1 unspecified atom stereocenters. The second-order valence-electron chi connectivity index (χ2n) is 7.07. The van der Waals surface area contributed by atoms with Crippen LogP contribution in [0.25, 0.3) is 0 Å². The Morgan fingerprint density at radius 1 is 1.21 bits per heavy atom. The van der Waals surface area contributed by atoms with Crippen LogP contribution in [-0.4, -0.2) is 80.9 Å². The Kier molecular flexibility index (Phi) is 6.85. The number of benzene rings is 1. The lowest BCUT2D eigenvalue weighted by Gasteiger charge is -2.44. The Labute approximate surface area is 170 Å². The molecule has 2 rings (SSSR count). The minimum atomic E-state index is -3.64. The van der Waals surface area contributed by atoms with Gasteiger partial charge in [0.1, 0.15) is 11.3 Å². The number of nitrogens with zero attached hydrogens (tertiary/aromatic N) is 2. The average molecular weight is 426 g/mol. The first-order valence-electron chi connectivity index (χ1n) is 8.87. The molecule has 1 heterocycles. The van der Waals surface area contributed by atoms with E-state index in [-0.39, 0.29) is 26.2 Å². The van der Waals surface area contributed by atoms with E-state index >= 15 is 0 Å². The predicted molar refractivity (Wildman–Crippen MR) is 105 cm³/mol. The Hall–Kier alpha value is -2.66. The van der Waals surface area contributed by atoms with Crippen molar-refractivity contribution < 1.29 is 27.5 Å². The summed E-state index contributed by atoms with van der Waals surface area (Å²) in [7, 11) is -0.647. The first kappa shape index (κ1) is 22.6. The lowest BCUT2D eigenvalue weighted by Crippen LogP contribution is -2.68. The first-order valence-corrected chi connectivity index (χ1v) is 10.7. The topological polar surface area (TPSA) is 125 Å². The predicted octanol–water partition coefficient (Wildman–Crippen LogP) is -1.08. The highest BCUT2D eigenvalue weighted by molar-refractivity contribution is 7.88. The molecule has 1 atom stereocenters.